The Morgan fingerprint density at radius 3 is 2.31 bits per heavy atom. The number of aryl methyl sites for hydroxylation is 2. The van der Waals surface area contributed by atoms with Crippen molar-refractivity contribution in [3.8, 4) is 0 Å². The minimum Gasteiger partial charge on any atom is -0.466 e. The summed E-state index contributed by atoms with van der Waals surface area (Å²) in [5.41, 5.74) is 5.39. The quantitative estimate of drug-likeness (QED) is 0.443. The van der Waals surface area contributed by atoms with E-state index in [0.717, 1.165) is 17.9 Å². The van der Waals surface area contributed by atoms with Crippen LogP contribution < -0.4 is 11.3 Å². The van der Waals surface area contributed by atoms with Gasteiger partial charge in [-0.3, -0.25) is 11.3 Å². The Labute approximate surface area is 98.4 Å². The van der Waals surface area contributed by atoms with Crippen LogP contribution in [0.2, 0.25) is 0 Å². The predicted octanol–water partition coefficient (Wildman–Crippen LogP) is 3.29. The molecule has 1 aromatic rings. The molecule has 0 saturated heterocycles. The number of nitrogens with two attached hydrogens (primary N) is 1. The van der Waals surface area contributed by atoms with E-state index in [1.807, 2.05) is 13.8 Å². The first-order valence-electron chi connectivity index (χ1n) is 6.14. The van der Waals surface area contributed by atoms with Crippen LogP contribution in [-0.2, 0) is 0 Å². The highest BCUT2D eigenvalue weighted by Gasteiger charge is 2.19. The largest absolute Gasteiger partial charge is 0.466 e. The van der Waals surface area contributed by atoms with E-state index in [0.29, 0.717) is 0 Å². The van der Waals surface area contributed by atoms with Crippen molar-refractivity contribution in [2.24, 2.45) is 5.84 Å². The van der Waals surface area contributed by atoms with Crippen molar-refractivity contribution >= 4 is 0 Å². The van der Waals surface area contributed by atoms with E-state index >= 15 is 0 Å². The van der Waals surface area contributed by atoms with Gasteiger partial charge in [-0.2, -0.15) is 0 Å². The van der Waals surface area contributed by atoms with Crippen LogP contribution >= 0.6 is 0 Å². The van der Waals surface area contributed by atoms with Gasteiger partial charge in [0.2, 0.25) is 0 Å². The highest BCUT2D eigenvalue weighted by molar-refractivity contribution is 5.34. The molecule has 3 nitrogen and oxygen atoms in total. The second kappa shape index (κ2) is 6.06. The summed E-state index contributed by atoms with van der Waals surface area (Å²) in [6.07, 6.45) is 4.77. The Kier molecular flexibility index (Phi) is 5.03. The van der Waals surface area contributed by atoms with Gasteiger partial charge in [-0.05, 0) is 32.8 Å². The Hall–Kier alpha value is -0.800. The summed E-state index contributed by atoms with van der Waals surface area (Å²) in [6, 6.07) is 0.226. The third-order valence-electron chi connectivity index (χ3n) is 3.26. The van der Waals surface area contributed by atoms with Crippen molar-refractivity contribution in [1.82, 2.24) is 5.43 Å². The first-order chi connectivity index (χ1) is 7.61. The van der Waals surface area contributed by atoms with Crippen LogP contribution in [0.1, 0.15) is 61.3 Å². The Morgan fingerprint density at radius 2 is 1.88 bits per heavy atom. The van der Waals surface area contributed by atoms with Gasteiger partial charge in [0.1, 0.15) is 11.5 Å². The van der Waals surface area contributed by atoms with Gasteiger partial charge in [-0.15, -0.1) is 0 Å². The van der Waals surface area contributed by atoms with Crippen molar-refractivity contribution < 1.29 is 4.42 Å². The van der Waals surface area contributed by atoms with Gasteiger partial charge in [0.05, 0.1) is 0 Å². The molecule has 1 unspecified atom stereocenters. The highest BCUT2D eigenvalue weighted by atomic mass is 16.3. The van der Waals surface area contributed by atoms with E-state index in [1.165, 1.54) is 30.4 Å². The summed E-state index contributed by atoms with van der Waals surface area (Å²) in [5.74, 6) is 7.64. The first-order valence-corrected chi connectivity index (χ1v) is 6.14. The van der Waals surface area contributed by atoms with Crippen LogP contribution in [0.5, 0.6) is 0 Å². The normalized spacial score (nSPS) is 13.1. The molecule has 92 valence electrons. The van der Waals surface area contributed by atoms with Crippen molar-refractivity contribution in [3.05, 3.63) is 22.6 Å². The molecule has 0 aromatic carbocycles. The van der Waals surface area contributed by atoms with Crippen LogP contribution in [0.15, 0.2) is 4.42 Å². The van der Waals surface area contributed by atoms with Gasteiger partial charge in [0.15, 0.2) is 0 Å². The lowest BCUT2D eigenvalue weighted by atomic mass is 9.97. The van der Waals surface area contributed by atoms with Crippen LogP contribution in [0, 0.1) is 20.8 Å². The van der Waals surface area contributed by atoms with Gasteiger partial charge < -0.3 is 4.42 Å². The predicted molar refractivity (Wildman–Crippen MR) is 67.1 cm³/mol. The van der Waals surface area contributed by atoms with E-state index in [1.54, 1.807) is 0 Å². The number of hydrogen-bond acceptors (Lipinski definition) is 3. The fourth-order valence-corrected chi connectivity index (χ4v) is 2.23. The minimum absolute atomic E-state index is 0.226. The number of unbranched alkanes of at least 4 members (excludes halogenated alkanes) is 2. The second-order valence-electron chi connectivity index (χ2n) is 4.47. The lowest BCUT2D eigenvalue weighted by molar-refractivity contribution is 0.461. The summed E-state index contributed by atoms with van der Waals surface area (Å²) in [6.45, 7) is 8.33. The topological polar surface area (TPSA) is 51.2 Å². The zero-order valence-electron chi connectivity index (χ0n) is 10.9. The van der Waals surface area contributed by atoms with E-state index in [9.17, 15) is 0 Å². The van der Waals surface area contributed by atoms with Crippen molar-refractivity contribution in [1.29, 1.82) is 0 Å². The molecule has 0 fully saturated rings. The third-order valence-corrected chi connectivity index (χ3v) is 3.26. The maximum Gasteiger partial charge on any atom is 0.106 e. The molecule has 0 saturated carbocycles. The standard InChI is InChI=1S/C13H24N2O/c1-5-6-7-8-12(15-14)13-9(2)10(3)16-11(13)4/h12,15H,5-8,14H2,1-4H3. The highest BCUT2D eigenvalue weighted by Crippen LogP contribution is 2.29. The molecular formula is C13H24N2O. The molecule has 1 heterocycles. The number of hydrazine groups is 1. The molecule has 1 rings (SSSR count). The Balaban J connectivity index is 2.78. The van der Waals surface area contributed by atoms with Crippen molar-refractivity contribution in [3.63, 3.8) is 0 Å². The molecule has 3 N–H and O–H groups in total. The summed E-state index contributed by atoms with van der Waals surface area (Å²) >= 11 is 0. The monoisotopic (exact) mass is 224 g/mol. The third kappa shape index (κ3) is 2.86. The summed E-state index contributed by atoms with van der Waals surface area (Å²) < 4.78 is 5.64. The average molecular weight is 224 g/mol. The molecule has 0 radical (unpaired) electrons. The summed E-state index contributed by atoms with van der Waals surface area (Å²) in [5, 5.41) is 0. The fourth-order valence-electron chi connectivity index (χ4n) is 2.23. The molecule has 1 aromatic heterocycles. The minimum atomic E-state index is 0.226. The molecule has 1 atom stereocenters. The smallest absolute Gasteiger partial charge is 0.106 e. The fraction of sp³-hybridized carbons (Fsp3) is 0.692. The molecule has 0 bridgehead atoms. The summed E-state index contributed by atoms with van der Waals surface area (Å²) in [4.78, 5) is 0. The number of nitrogens with one attached hydrogen (secondary N) is 1. The summed E-state index contributed by atoms with van der Waals surface area (Å²) in [7, 11) is 0. The molecular weight excluding hydrogens is 200 g/mol. The maximum absolute atomic E-state index is 5.64. The molecule has 0 aliphatic heterocycles. The molecule has 16 heavy (non-hydrogen) atoms. The van der Waals surface area contributed by atoms with Crippen molar-refractivity contribution in [2.45, 2.75) is 59.4 Å². The zero-order valence-corrected chi connectivity index (χ0v) is 10.9. The van der Waals surface area contributed by atoms with Gasteiger partial charge in [-0.1, -0.05) is 26.2 Å². The van der Waals surface area contributed by atoms with E-state index in [2.05, 4.69) is 19.3 Å². The van der Waals surface area contributed by atoms with Gasteiger partial charge >= 0.3 is 0 Å². The Bertz CT molecular complexity index is 331. The average Bonchev–Trinajstić information content (AvgIpc) is 2.50. The van der Waals surface area contributed by atoms with E-state index in [4.69, 9.17) is 10.3 Å². The van der Waals surface area contributed by atoms with E-state index in [-0.39, 0.29) is 6.04 Å². The number of hydrogen-bond donors (Lipinski definition) is 2. The second-order valence-corrected chi connectivity index (χ2v) is 4.47. The lowest BCUT2D eigenvalue weighted by Crippen LogP contribution is -2.28. The van der Waals surface area contributed by atoms with E-state index < -0.39 is 0 Å². The van der Waals surface area contributed by atoms with Crippen LogP contribution in [-0.4, -0.2) is 0 Å². The van der Waals surface area contributed by atoms with Crippen LogP contribution in [0.4, 0.5) is 0 Å². The van der Waals surface area contributed by atoms with Gasteiger partial charge in [0, 0.05) is 11.6 Å². The SMILES string of the molecule is CCCCCC(NN)c1c(C)oc(C)c1C. The zero-order chi connectivity index (χ0) is 12.1. The molecule has 0 spiro atoms. The molecule has 0 aliphatic rings. The Morgan fingerprint density at radius 1 is 1.19 bits per heavy atom. The lowest BCUT2D eigenvalue weighted by Gasteiger charge is -2.16. The van der Waals surface area contributed by atoms with Gasteiger partial charge in [-0.25, -0.2) is 0 Å². The molecule has 0 amide bonds. The molecule has 3 heteroatoms. The van der Waals surface area contributed by atoms with Crippen LogP contribution in [0.25, 0.3) is 0 Å². The van der Waals surface area contributed by atoms with Crippen molar-refractivity contribution in [2.75, 3.05) is 0 Å². The number of furan rings is 1. The van der Waals surface area contributed by atoms with Crippen LogP contribution in [0.3, 0.4) is 0 Å². The first kappa shape index (κ1) is 13.3. The molecule has 0 aliphatic carbocycles. The number of rotatable bonds is 6. The van der Waals surface area contributed by atoms with Gasteiger partial charge in [0.25, 0.3) is 0 Å². The maximum atomic E-state index is 5.64.